The second kappa shape index (κ2) is 5.21. The normalized spacial score (nSPS) is 20.2. The van der Waals surface area contributed by atoms with Gasteiger partial charge in [0.15, 0.2) is 0 Å². The summed E-state index contributed by atoms with van der Waals surface area (Å²) < 4.78 is 0. The summed E-state index contributed by atoms with van der Waals surface area (Å²) >= 11 is 0. The molecule has 0 aliphatic carbocycles. The topological polar surface area (TPSA) is 35.6 Å². The van der Waals surface area contributed by atoms with Gasteiger partial charge in [-0.15, -0.1) is 0 Å². The van der Waals surface area contributed by atoms with Crippen molar-refractivity contribution in [1.29, 1.82) is 0 Å². The van der Waals surface area contributed by atoms with Crippen molar-refractivity contribution in [2.45, 2.75) is 19.8 Å². The maximum atomic E-state index is 12.0. The minimum atomic E-state index is 0.174. The van der Waals surface area contributed by atoms with Crippen molar-refractivity contribution < 1.29 is 4.79 Å². The molecule has 1 amide bonds. The van der Waals surface area contributed by atoms with E-state index in [4.69, 9.17) is 0 Å². The largest absolute Gasteiger partial charge is 0.371 e. The highest BCUT2D eigenvalue weighted by Gasteiger charge is 2.22. The van der Waals surface area contributed by atoms with Crippen LogP contribution in [0, 0.1) is 6.92 Å². The number of benzene rings is 1. The minimum absolute atomic E-state index is 0.174. The van der Waals surface area contributed by atoms with Crippen LogP contribution in [0.25, 0.3) is 0 Å². The number of carbonyl (C=O) groups excluding carboxylic acids is 1. The van der Waals surface area contributed by atoms with Gasteiger partial charge in [-0.3, -0.25) is 4.79 Å². The zero-order chi connectivity index (χ0) is 13.2. The van der Waals surface area contributed by atoms with Gasteiger partial charge in [0.2, 0.25) is 5.91 Å². The highest BCUT2D eigenvalue weighted by Crippen LogP contribution is 2.29. The van der Waals surface area contributed by atoms with Crippen molar-refractivity contribution in [3.8, 4) is 0 Å². The zero-order valence-corrected chi connectivity index (χ0v) is 11.5. The Balaban J connectivity index is 1.90. The summed E-state index contributed by atoms with van der Waals surface area (Å²) in [4.78, 5) is 16.4. The predicted octanol–water partition coefficient (Wildman–Crippen LogP) is 1.53. The Morgan fingerprint density at radius 2 is 1.95 bits per heavy atom. The van der Waals surface area contributed by atoms with E-state index in [1.54, 1.807) is 0 Å². The van der Waals surface area contributed by atoms with Crippen LogP contribution in [0.4, 0.5) is 11.4 Å². The number of hydrogen-bond donors (Lipinski definition) is 1. The highest BCUT2D eigenvalue weighted by molar-refractivity contribution is 5.96. The number of nitrogens with one attached hydrogen (secondary N) is 1. The highest BCUT2D eigenvalue weighted by atomic mass is 16.2. The Hall–Kier alpha value is -1.55. The van der Waals surface area contributed by atoms with Crippen molar-refractivity contribution in [3.05, 3.63) is 23.8 Å². The number of rotatable bonds is 2. The van der Waals surface area contributed by atoms with Gasteiger partial charge in [0, 0.05) is 37.6 Å². The summed E-state index contributed by atoms with van der Waals surface area (Å²) in [6.07, 6.45) is 2.55. The second-order valence-corrected chi connectivity index (χ2v) is 5.39. The Morgan fingerprint density at radius 1 is 1.16 bits per heavy atom. The lowest BCUT2D eigenvalue weighted by atomic mass is 10.1. The van der Waals surface area contributed by atoms with E-state index in [1.807, 2.05) is 4.90 Å². The van der Waals surface area contributed by atoms with Gasteiger partial charge in [-0.05, 0) is 37.5 Å². The lowest BCUT2D eigenvalue weighted by Crippen LogP contribution is -2.48. The first kappa shape index (κ1) is 12.5. The van der Waals surface area contributed by atoms with E-state index < -0.39 is 0 Å². The zero-order valence-electron chi connectivity index (χ0n) is 11.5. The monoisotopic (exact) mass is 259 g/mol. The van der Waals surface area contributed by atoms with Gasteiger partial charge in [-0.1, -0.05) is 6.07 Å². The Morgan fingerprint density at radius 3 is 2.68 bits per heavy atom. The maximum Gasteiger partial charge on any atom is 0.240 e. The van der Waals surface area contributed by atoms with E-state index in [1.165, 1.54) is 24.1 Å². The van der Waals surface area contributed by atoms with E-state index in [-0.39, 0.29) is 5.91 Å². The number of amides is 1. The molecule has 2 saturated heterocycles. The van der Waals surface area contributed by atoms with Crippen LogP contribution in [-0.2, 0) is 4.79 Å². The maximum absolute atomic E-state index is 12.0. The van der Waals surface area contributed by atoms with Gasteiger partial charge >= 0.3 is 0 Å². The quantitative estimate of drug-likeness (QED) is 0.875. The van der Waals surface area contributed by atoms with E-state index in [2.05, 4.69) is 35.3 Å². The molecule has 2 aliphatic rings. The average molecular weight is 259 g/mol. The van der Waals surface area contributed by atoms with E-state index in [0.29, 0.717) is 6.54 Å². The summed E-state index contributed by atoms with van der Waals surface area (Å²) in [7, 11) is 0. The molecule has 0 radical (unpaired) electrons. The smallest absolute Gasteiger partial charge is 0.240 e. The number of aryl methyl sites for hydroxylation is 1. The Kier molecular flexibility index (Phi) is 3.42. The molecule has 0 saturated carbocycles. The molecule has 0 spiro atoms. The molecule has 4 heteroatoms. The fraction of sp³-hybridized carbons (Fsp3) is 0.533. The lowest BCUT2D eigenvalue weighted by molar-refractivity contribution is -0.118. The first-order valence-corrected chi connectivity index (χ1v) is 7.12. The van der Waals surface area contributed by atoms with Crippen LogP contribution >= 0.6 is 0 Å². The Labute approximate surface area is 114 Å². The third kappa shape index (κ3) is 2.45. The second-order valence-electron chi connectivity index (χ2n) is 5.39. The standard InChI is InChI=1S/C15H21N3O/c1-12-4-5-13(17-7-2-3-8-17)10-14(12)18-9-6-16-11-15(18)19/h4-5,10,16H,2-3,6-9,11H2,1H3. The molecule has 19 heavy (non-hydrogen) atoms. The van der Waals surface area contributed by atoms with Gasteiger partial charge in [0.25, 0.3) is 0 Å². The van der Waals surface area contributed by atoms with Crippen molar-refractivity contribution in [3.63, 3.8) is 0 Å². The summed E-state index contributed by atoms with van der Waals surface area (Å²) in [5.74, 6) is 0.174. The molecule has 4 nitrogen and oxygen atoms in total. The summed E-state index contributed by atoms with van der Waals surface area (Å²) in [6.45, 7) is 6.45. The SMILES string of the molecule is Cc1ccc(N2CCCC2)cc1N1CCNCC1=O. The number of nitrogens with zero attached hydrogens (tertiary/aromatic N) is 2. The van der Waals surface area contributed by atoms with Crippen molar-refractivity contribution in [1.82, 2.24) is 5.32 Å². The molecule has 0 unspecified atom stereocenters. The van der Waals surface area contributed by atoms with Gasteiger partial charge in [-0.2, -0.15) is 0 Å². The minimum Gasteiger partial charge on any atom is -0.371 e. The summed E-state index contributed by atoms with van der Waals surface area (Å²) in [5, 5.41) is 3.12. The fourth-order valence-electron chi connectivity index (χ4n) is 2.92. The van der Waals surface area contributed by atoms with Crippen molar-refractivity contribution in [2.24, 2.45) is 0 Å². The molecule has 3 rings (SSSR count). The summed E-state index contributed by atoms with van der Waals surface area (Å²) in [5.41, 5.74) is 3.51. The van der Waals surface area contributed by atoms with Crippen LogP contribution in [0.3, 0.4) is 0 Å². The molecule has 1 aromatic rings. The van der Waals surface area contributed by atoms with Gasteiger partial charge in [-0.25, -0.2) is 0 Å². The molecule has 1 aromatic carbocycles. The lowest BCUT2D eigenvalue weighted by Gasteiger charge is -2.30. The fourth-order valence-corrected chi connectivity index (χ4v) is 2.92. The number of carbonyl (C=O) groups is 1. The molecule has 102 valence electrons. The van der Waals surface area contributed by atoms with Gasteiger partial charge < -0.3 is 15.1 Å². The number of piperazine rings is 1. The van der Waals surface area contributed by atoms with Crippen LogP contribution in [0.15, 0.2) is 18.2 Å². The molecular weight excluding hydrogens is 238 g/mol. The van der Waals surface area contributed by atoms with Crippen LogP contribution in [0.2, 0.25) is 0 Å². The predicted molar refractivity (Wildman–Crippen MR) is 77.8 cm³/mol. The van der Waals surface area contributed by atoms with Crippen LogP contribution < -0.4 is 15.1 Å². The third-order valence-electron chi connectivity index (χ3n) is 4.04. The number of hydrogen-bond acceptors (Lipinski definition) is 3. The van der Waals surface area contributed by atoms with Gasteiger partial charge in [0.05, 0.1) is 6.54 Å². The van der Waals surface area contributed by atoms with Crippen molar-refractivity contribution >= 4 is 17.3 Å². The average Bonchev–Trinajstić information content (AvgIpc) is 2.94. The first-order valence-electron chi connectivity index (χ1n) is 7.12. The molecule has 0 bridgehead atoms. The third-order valence-corrected chi connectivity index (χ3v) is 4.04. The molecule has 0 aromatic heterocycles. The summed E-state index contributed by atoms with van der Waals surface area (Å²) in [6, 6.07) is 6.50. The van der Waals surface area contributed by atoms with Crippen LogP contribution in [-0.4, -0.2) is 38.6 Å². The molecule has 0 atom stereocenters. The Bertz CT molecular complexity index is 480. The van der Waals surface area contributed by atoms with E-state index >= 15 is 0 Å². The molecule has 2 aliphatic heterocycles. The van der Waals surface area contributed by atoms with Gasteiger partial charge in [0.1, 0.15) is 0 Å². The van der Waals surface area contributed by atoms with Crippen LogP contribution in [0.5, 0.6) is 0 Å². The van der Waals surface area contributed by atoms with E-state index in [0.717, 1.165) is 31.9 Å². The number of anilines is 2. The molecule has 2 fully saturated rings. The van der Waals surface area contributed by atoms with Crippen LogP contribution in [0.1, 0.15) is 18.4 Å². The molecule has 2 heterocycles. The van der Waals surface area contributed by atoms with E-state index in [9.17, 15) is 4.79 Å². The molecular formula is C15H21N3O. The van der Waals surface area contributed by atoms with Crippen molar-refractivity contribution in [2.75, 3.05) is 42.5 Å². The molecule has 1 N–H and O–H groups in total. The first-order chi connectivity index (χ1) is 9.25.